The number of carbonyl (C=O) groups is 4. The number of hydrogen-bond acceptors (Lipinski definition) is 8. The fraction of sp³-hybridized carbons (Fsp3) is 0.321. The van der Waals surface area contributed by atoms with Crippen molar-refractivity contribution in [3.05, 3.63) is 75.1 Å². The quantitative estimate of drug-likeness (QED) is 0.224. The average Bonchev–Trinajstić information content (AvgIpc) is 2.93. The predicted molar refractivity (Wildman–Crippen MR) is 150 cm³/mol. The number of hydrogen-bond donors (Lipinski definition) is 4. The highest BCUT2D eigenvalue weighted by Gasteiger charge is 2.21. The number of benzene rings is 2. The number of rotatable bonds is 13. The third kappa shape index (κ3) is 8.09. The fourth-order valence-corrected chi connectivity index (χ4v) is 4.94. The Balaban J connectivity index is 1.46. The molecule has 0 saturated carbocycles. The molecule has 0 fully saturated rings. The SMILES string of the molecule is COc1ccc2c(C)c(CC(=O)NCC(=O)NCC(=O)N[C@@H](CSCc3ccccc3)C(=O)O)c(=O)oc2c1C. The lowest BCUT2D eigenvalue weighted by molar-refractivity contribution is -0.141. The van der Waals surface area contributed by atoms with Crippen molar-refractivity contribution in [1.82, 2.24) is 16.0 Å². The van der Waals surface area contributed by atoms with Gasteiger partial charge in [-0.1, -0.05) is 30.3 Å². The van der Waals surface area contributed by atoms with Gasteiger partial charge in [0.15, 0.2) is 0 Å². The van der Waals surface area contributed by atoms with Gasteiger partial charge in [-0.15, -0.1) is 0 Å². The van der Waals surface area contributed by atoms with Gasteiger partial charge in [0.05, 0.1) is 32.2 Å². The van der Waals surface area contributed by atoms with Gasteiger partial charge in [0.25, 0.3) is 0 Å². The van der Waals surface area contributed by atoms with Crippen LogP contribution in [0.5, 0.6) is 5.75 Å². The molecule has 0 radical (unpaired) electrons. The van der Waals surface area contributed by atoms with Crippen LogP contribution < -0.4 is 26.3 Å². The summed E-state index contributed by atoms with van der Waals surface area (Å²) in [5, 5.41) is 17.2. The van der Waals surface area contributed by atoms with E-state index in [0.717, 1.165) is 5.56 Å². The Hall–Kier alpha value is -4.32. The standard InChI is InChI=1S/C28H31N3O8S/c1-16-19-9-10-22(38-3)17(2)26(19)39-28(37)20(16)11-23(32)29-12-24(33)30-13-25(34)31-21(27(35)36)15-40-14-18-7-5-4-6-8-18/h4-10,21H,11-15H2,1-3H3,(H,29,32)(H,30,33)(H,31,34)(H,35,36)/t21-/m0/s1. The monoisotopic (exact) mass is 569 g/mol. The van der Waals surface area contributed by atoms with Crippen LogP contribution in [0.1, 0.15) is 22.3 Å². The summed E-state index contributed by atoms with van der Waals surface area (Å²) >= 11 is 1.36. The van der Waals surface area contributed by atoms with Gasteiger partial charge in [-0.05, 0) is 37.1 Å². The highest BCUT2D eigenvalue weighted by Crippen LogP contribution is 2.29. The van der Waals surface area contributed by atoms with E-state index < -0.39 is 48.4 Å². The summed E-state index contributed by atoms with van der Waals surface area (Å²) in [6.45, 7) is 2.58. The summed E-state index contributed by atoms with van der Waals surface area (Å²) in [5.41, 5.74) is 2.17. The zero-order valence-corrected chi connectivity index (χ0v) is 23.2. The summed E-state index contributed by atoms with van der Waals surface area (Å²) in [7, 11) is 1.51. The van der Waals surface area contributed by atoms with E-state index in [1.54, 1.807) is 26.0 Å². The largest absolute Gasteiger partial charge is 0.496 e. The van der Waals surface area contributed by atoms with E-state index in [2.05, 4.69) is 16.0 Å². The number of aliphatic carboxylic acids is 1. The van der Waals surface area contributed by atoms with Crippen molar-refractivity contribution in [3.63, 3.8) is 0 Å². The maximum absolute atomic E-state index is 12.6. The second-order valence-electron chi connectivity index (χ2n) is 8.95. The number of amides is 3. The van der Waals surface area contributed by atoms with Crippen molar-refractivity contribution in [3.8, 4) is 5.75 Å². The average molecular weight is 570 g/mol. The third-order valence-electron chi connectivity index (χ3n) is 6.13. The van der Waals surface area contributed by atoms with E-state index in [9.17, 15) is 29.1 Å². The van der Waals surface area contributed by atoms with Crippen molar-refractivity contribution >= 4 is 46.4 Å². The first-order valence-electron chi connectivity index (χ1n) is 12.4. The summed E-state index contributed by atoms with van der Waals surface area (Å²) in [4.78, 5) is 60.9. The van der Waals surface area contributed by atoms with Gasteiger partial charge in [-0.2, -0.15) is 11.8 Å². The molecule has 3 aromatic rings. The van der Waals surface area contributed by atoms with E-state index >= 15 is 0 Å². The number of carboxylic acids is 1. The molecule has 0 aliphatic carbocycles. The van der Waals surface area contributed by atoms with Crippen LogP contribution in [0.15, 0.2) is 51.7 Å². The first-order chi connectivity index (χ1) is 19.1. The van der Waals surface area contributed by atoms with Crippen LogP contribution in [-0.4, -0.2) is 60.8 Å². The minimum Gasteiger partial charge on any atom is -0.496 e. The molecule has 1 aromatic heterocycles. The van der Waals surface area contributed by atoms with Crippen LogP contribution in [-0.2, 0) is 31.4 Å². The van der Waals surface area contributed by atoms with Crippen molar-refractivity contribution in [1.29, 1.82) is 0 Å². The molecule has 212 valence electrons. The molecule has 0 spiro atoms. The maximum Gasteiger partial charge on any atom is 0.340 e. The number of carbonyl (C=O) groups excluding carboxylic acids is 3. The lowest BCUT2D eigenvalue weighted by atomic mass is 10.0. The van der Waals surface area contributed by atoms with Gasteiger partial charge in [-0.3, -0.25) is 14.4 Å². The maximum atomic E-state index is 12.6. The Bertz CT molecular complexity index is 1460. The lowest BCUT2D eigenvalue weighted by Gasteiger charge is -2.15. The number of carboxylic acid groups (broad SMARTS) is 1. The zero-order valence-electron chi connectivity index (χ0n) is 22.4. The van der Waals surface area contributed by atoms with E-state index in [0.29, 0.717) is 33.6 Å². The zero-order chi connectivity index (χ0) is 29.2. The molecule has 3 amide bonds. The Labute approximate surface area is 234 Å². The predicted octanol–water partition coefficient (Wildman–Crippen LogP) is 1.70. The summed E-state index contributed by atoms with van der Waals surface area (Å²) in [5.74, 6) is -1.79. The Morgan fingerprint density at radius 2 is 1.62 bits per heavy atom. The minimum absolute atomic E-state index is 0.148. The van der Waals surface area contributed by atoms with Crippen molar-refractivity contribution in [2.24, 2.45) is 0 Å². The third-order valence-corrected chi connectivity index (χ3v) is 7.24. The second kappa shape index (κ2) is 14.2. The van der Waals surface area contributed by atoms with Crippen molar-refractivity contribution < 1.29 is 33.4 Å². The molecular weight excluding hydrogens is 538 g/mol. The molecule has 3 rings (SSSR count). The van der Waals surface area contributed by atoms with E-state index in [1.165, 1.54) is 18.9 Å². The van der Waals surface area contributed by atoms with Gasteiger partial charge in [0.2, 0.25) is 17.7 Å². The van der Waals surface area contributed by atoms with Crippen LogP contribution in [0.3, 0.4) is 0 Å². The van der Waals surface area contributed by atoms with Gasteiger partial charge >= 0.3 is 11.6 Å². The number of nitrogens with one attached hydrogen (secondary N) is 3. The normalized spacial score (nSPS) is 11.5. The fourth-order valence-electron chi connectivity index (χ4n) is 3.93. The summed E-state index contributed by atoms with van der Waals surface area (Å²) in [6, 6.07) is 11.9. The van der Waals surface area contributed by atoms with Crippen LogP contribution in [0, 0.1) is 13.8 Å². The first-order valence-corrected chi connectivity index (χ1v) is 13.5. The van der Waals surface area contributed by atoms with E-state index in [-0.39, 0.29) is 17.7 Å². The molecule has 0 unspecified atom stereocenters. The van der Waals surface area contributed by atoms with Crippen LogP contribution in [0.2, 0.25) is 0 Å². The van der Waals surface area contributed by atoms with Crippen molar-refractivity contribution in [2.45, 2.75) is 32.1 Å². The first kappa shape index (κ1) is 30.2. The molecule has 1 atom stereocenters. The molecule has 0 aliphatic rings. The molecule has 0 saturated heterocycles. The number of thioether (sulfide) groups is 1. The van der Waals surface area contributed by atoms with Gasteiger partial charge in [-0.25, -0.2) is 9.59 Å². The molecule has 1 heterocycles. The molecule has 4 N–H and O–H groups in total. The van der Waals surface area contributed by atoms with Crippen LogP contribution in [0.4, 0.5) is 0 Å². The van der Waals surface area contributed by atoms with Crippen LogP contribution in [0.25, 0.3) is 11.0 Å². The summed E-state index contributed by atoms with van der Waals surface area (Å²) in [6.07, 6.45) is -0.302. The topological polar surface area (TPSA) is 164 Å². The number of fused-ring (bicyclic) bond motifs is 1. The van der Waals surface area contributed by atoms with E-state index in [4.69, 9.17) is 9.15 Å². The van der Waals surface area contributed by atoms with Gasteiger partial charge in [0.1, 0.15) is 17.4 Å². The van der Waals surface area contributed by atoms with Crippen LogP contribution >= 0.6 is 11.8 Å². The molecule has 0 bridgehead atoms. The summed E-state index contributed by atoms with van der Waals surface area (Å²) < 4.78 is 10.7. The smallest absolute Gasteiger partial charge is 0.340 e. The molecule has 40 heavy (non-hydrogen) atoms. The molecule has 0 aliphatic heterocycles. The molecule has 11 nitrogen and oxygen atoms in total. The number of aryl methyl sites for hydroxylation is 2. The number of ether oxygens (including phenoxy) is 1. The second-order valence-corrected chi connectivity index (χ2v) is 9.98. The minimum atomic E-state index is -1.18. The molecule has 12 heteroatoms. The molecule has 2 aromatic carbocycles. The van der Waals surface area contributed by atoms with E-state index in [1.807, 2.05) is 30.3 Å². The lowest BCUT2D eigenvalue weighted by Crippen LogP contribution is -2.48. The van der Waals surface area contributed by atoms with Gasteiger partial charge in [0, 0.05) is 22.5 Å². The van der Waals surface area contributed by atoms with Gasteiger partial charge < -0.3 is 30.2 Å². The Kier molecular flexibility index (Phi) is 10.7. The Morgan fingerprint density at radius 3 is 2.30 bits per heavy atom. The molecular formula is C28H31N3O8S. The highest BCUT2D eigenvalue weighted by molar-refractivity contribution is 7.98. The highest BCUT2D eigenvalue weighted by atomic mass is 32.2. The Morgan fingerprint density at radius 1 is 0.950 bits per heavy atom. The van der Waals surface area contributed by atoms with Crippen molar-refractivity contribution in [2.75, 3.05) is 26.0 Å². The number of methoxy groups -OCH3 is 1.